The number of carbonyl (C=O) groups is 1. The van der Waals surface area contributed by atoms with E-state index in [-0.39, 0.29) is 42.8 Å². The van der Waals surface area contributed by atoms with Crippen molar-refractivity contribution < 1.29 is 22.3 Å². The third-order valence-corrected chi connectivity index (χ3v) is 7.20. The predicted octanol–water partition coefficient (Wildman–Crippen LogP) is 4.28. The first-order chi connectivity index (χ1) is 15.6. The van der Waals surface area contributed by atoms with Crippen LogP contribution in [0.3, 0.4) is 0 Å². The number of sulfonamides is 1. The molecule has 3 aromatic rings. The number of carbonyl (C=O) groups excluding carboxylic acids is 1. The molecule has 2 aromatic carbocycles. The van der Waals surface area contributed by atoms with E-state index in [1.807, 2.05) is 6.92 Å². The number of hydrogen-bond acceptors (Lipinski definition) is 5. The Hall–Kier alpha value is -2.72. The summed E-state index contributed by atoms with van der Waals surface area (Å²) in [5, 5.41) is 0.693. The Kier molecular flexibility index (Phi) is 9.02. The van der Waals surface area contributed by atoms with Gasteiger partial charge < -0.3 is 15.0 Å². The van der Waals surface area contributed by atoms with Crippen LogP contribution >= 0.6 is 12.4 Å². The zero-order valence-electron chi connectivity index (χ0n) is 19.5. The molecular formula is C24H29ClFN3O4S. The second kappa shape index (κ2) is 11.1. The van der Waals surface area contributed by atoms with Crippen LogP contribution in [-0.2, 0) is 21.3 Å². The van der Waals surface area contributed by atoms with E-state index in [2.05, 4.69) is 0 Å². The summed E-state index contributed by atoms with van der Waals surface area (Å²) in [7, 11) is -0.713. The first kappa shape index (κ1) is 27.5. The van der Waals surface area contributed by atoms with Crippen LogP contribution in [-0.4, -0.2) is 50.5 Å². The smallest absolute Gasteiger partial charge is 0.338 e. The zero-order valence-corrected chi connectivity index (χ0v) is 21.2. The van der Waals surface area contributed by atoms with Gasteiger partial charge in [0.1, 0.15) is 5.83 Å². The van der Waals surface area contributed by atoms with Crippen LogP contribution in [0.5, 0.6) is 0 Å². The quantitative estimate of drug-likeness (QED) is 0.457. The predicted molar refractivity (Wildman–Crippen MR) is 134 cm³/mol. The molecule has 0 fully saturated rings. The van der Waals surface area contributed by atoms with Crippen molar-refractivity contribution in [3.05, 3.63) is 65.6 Å². The van der Waals surface area contributed by atoms with Crippen LogP contribution in [0.2, 0.25) is 0 Å². The molecule has 10 heteroatoms. The number of hydrogen-bond donors (Lipinski definition) is 1. The maximum Gasteiger partial charge on any atom is 0.338 e. The molecule has 0 aliphatic heterocycles. The lowest BCUT2D eigenvalue weighted by Gasteiger charge is -2.13. The normalized spacial score (nSPS) is 12.1. The highest BCUT2D eigenvalue weighted by atomic mass is 35.5. The van der Waals surface area contributed by atoms with Gasteiger partial charge in [0.15, 0.2) is 0 Å². The zero-order chi connectivity index (χ0) is 24.3. The summed E-state index contributed by atoms with van der Waals surface area (Å²) in [5.41, 5.74) is 8.61. The van der Waals surface area contributed by atoms with Crippen LogP contribution in [0.1, 0.15) is 23.0 Å². The lowest BCUT2D eigenvalue weighted by atomic mass is 10.0. The standard InChI is InChI=1S/C24H28FN3O4S.ClH/c1-5-32-24(29)18-9-10-22-21(14-18)23(16(2)28(22)15-19(25)11-12-26)17-7-6-8-20(13-17)33(30,31)27(3)4;/h6-11,13-14H,5,12,15,26H2,1-4H3;1H/b19-11-;. The Morgan fingerprint density at radius 3 is 2.53 bits per heavy atom. The lowest BCUT2D eigenvalue weighted by Crippen LogP contribution is -2.22. The van der Waals surface area contributed by atoms with Crippen LogP contribution in [0.4, 0.5) is 4.39 Å². The SMILES string of the molecule is CCOC(=O)c1ccc2c(c1)c(-c1cccc(S(=O)(=O)N(C)C)c1)c(C)n2C/C(F)=C/CN.Cl. The highest BCUT2D eigenvalue weighted by Gasteiger charge is 2.22. The van der Waals surface area contributed by atoms with Crippen molar-refractivity contribution in [3.63, 3.8) is 0 Å². The van der Waals surface area contributed by atoms with E-state index >= 15 is 0 Å². The molecule has 0 saturated heterocycles. The van der Waals surface area contributed by atoms with E-state index < -0.39 is 16.0 Å². The van der Waals surface area contributed by atoms with Crippen molar-refractivity contribution >= 4 is 39.3 Å². The van der Waals surface area contributed by atoms with Crippen molar-refractivity contribution in [2.45, 2.75) is 25.3 Å². The second-order valence-corrected chi connectivity index (χ2v) is 9.85. The minimum absolute atomic E-state index is 0. The van der Waals surface area contributed by atoms with Crippen LogP contribution < -0.4 is 5.73 Å². The molecular weight excluding hydrogens is 481 g/mol. The van der Waals surface area contributed by atoms with Gasteiger partial charge in [0, 0.05) is 42.8 Å². The molecule has 0 amide bonds. The van der Waals surface area contributed by atoms with Crippen molar-refractivity contribution in [2.24, 2.45) is 5.73 Å². The van der Waals surface area contributed by atoms with Crippen molar-refractivity contribution in [1.82, 2.24) is 8.87 Å². The summed E-state index contributed by atoms with van der Waals surface area (Å²) in [6, 6.07) is 11.7. The Labute approximate surface area is 205 Å². The molecule has 0 saturated carbocycles. The van der Waals surface area contributed by atoms with Gasteiger partial charge in [-0.1, -0.05) is 12.1 Å². The van der Waals surface area contributed by atoms with Crippen LogP contribution in [0.15, 0.2) is 59.3 Å². The van der Waals surface area contributed by atoms with Gasteiger partial charge in [0.25, 0.3) is 0 Å². The molecule has 184 valence electrons. The molecule has 0 aliphatic rings. The summed E-state index contributed by atoms with van der Waals surface area (Å²) in [6.45, 7) is 3.85. The van der Waals surface area contributed by atoms with Gasteiger partial charge in [-0.25, -0.2) is 21.9 Å². The first-order valence-electron chi connectivity index (χ1n) is 10.5. The molecule has 2 N–H and O–H groups in total. The third kappa shape index (κ3) is 5.33. The Balaban J connectivity index is 0.00000408. The number of esters is 1. The summed E-state index contributed by atoms with van der Waals surface area (Å²) < 4.78 is 47.9. The number of nitrogens with two attached hydrogens (primary N) is 1. The largest absolute Gasteiger partial charge is 0.462 e. The maximum atomic E-state index is 14.4. The Morgan fingerprint density at radius 1 is 1.21 bits per heavy atom. The van der Waals surface area contributed by atoms with Gasteiger partial charge in [0.2, 0.25) is 10.0 Å². The van der Waals surface area contributed by atoms with Gasteiger partial charge >= 0.3 is 5.97 Å². The summed E-state index contributed by atoms with van der Waals surface area (Å²) in [4.78, 5) is 12.5. The second-order valence-electron chi connectivity index (χ2n) is 7.70. The topological polar surface area (TPSA) is 94.6 Å². The molecule has 0 aliphatic carbocycles. The first-order valence-corrected chi connectivity index (χ1v) is 11.9. The van der Waals surface area contributed by atoms with Gasteiger partial charge in [0.05, 0.1) is 23.6 Å². The summed E-state index contributed by atoms with van der Waals surface area (Å²) in [6.07, 6.45) is 1.31. The fraction of sp³-hybridized carbons (Fsp3) is 0.292. The van der Waals surface area contributed by atoms with E-state index in [1.54, 1.807) is 47.9 Å². The average molecular weight is 510 g/mol. The average Bonchev–Trinajstić information content (AvgIpc) is 3.04. The third-order valence-electron chi connectivity index (χ3n) is 5.38. The molecule has 1 heterocycles. The molecule has 3 rings (SSSR count). The fourth-order valence-corrected chi connectivity index (χ4v) is 4.71. The molecule has 0 spiro atoms. The van der Waals surface area contributed by atoms with Crippen molar-refractivity contribution in [3.8, 4) is 11.1 Å². The van der Waals surface area contributed by atoms with Crippen LogP contribution in [0.25, 0.3) is 22.0 Å². The summed E-state index contributed by atoms with van der Waals surface area (Å²) in [5.74, 6) is -0.851. The molecule has 0 unspecified atom stereocenters. The van der Waals surface area contributed by atoms with Crippen LogP contribution in [0, 0.1) is 6.92 Å². The molecule has 1 aromatic heterocycles. The summed E-state index contributed by atoms with van der Waals surface area (Å²) >= 11 is 0. The minimum atomic E-state index is -3.65. The fourth-order valence-electron chi connectivity index (χ4n) is 3.76. The minimum Gasteiger partial charge on any atom is -0.462 e. The molecule has 7 nitrogen and oxygen atoms in total. The maximum absolute atomic E-state index is 14.4. The van der Waals surface area contributed by atoms with E-state index in [0.717, 1.165) is 10.00 Å². The number of nitrogens with zero attached hydrogens (tertiary/aromatic N) is 2. The van der Waals surface area contributed by atoms with E-state index in [4.69, 9.17) is 10.5 Å². The number of ether oxygens (including phenoxy) is 1. The van der Waals surface area contributed by atoms with Crippen molar-refractivity contribution in [2.75, 3.05) is 27.2 Å². The van der Waals surface area contributed by atoms with Gasteiger partial charge in [-0.15, -0.1) is 12.4 Å². The molecule has 0 radical (unpaired) electrons. The van der Waals surface area contributed by atoms with E-state index in [1.165, 1.54) is 26.2 Å². The number of allylic oxidation sites excluding steroid dienone is 1. The Bertz CT molecular complexity index is 1330. The van der Waals surface area contributed by atoms with Crippen molar-refractivity contribution in [1.29, 1.82) is 0 Å². The number of benzene rings is 2. The highest BCUT2D eigenvalue weighted by molar-refractivity contribution is 7.89. The van der Waals surface area contributed by atoms with E-state index in [9.17, 15) is 17.6 Å². The lowest BCUT2D eigenvalue weighted by molar-refractivity contribution is 0.0526. The van der Waals surface area contributed by atoms with Gasteiger partial charge in [-0.2, -0.15) is 0 Å². The van der Waals surface area contributed by atoms with E-state index in [0.29, 0.717) is 27.6 Å². The molecule has 0 atom stereocenters. The number of rotatable bonds is 8. The van der Waals surface area contributed by atoms with Gasteiger partial charge in [-0.05, 0) is 55.8 Å². The molecule has 0 bridgehead atoms. The Morgan fingerprint density at radius 2 is 1.91 bits per heavy atom. The number of fused-ring (bicyclic) bond motifs is 1. The number of aromatic nitrogens is 1. The monoisotopic (exact) mass is 509 g/mol. The molecule has 34 heavy (non-hydrogen) atoms. The highest BCUT2D eigenvalue weighted by Crippen LogP contribution is 2.37. The number of halogens is 2. The van der Waals surface area contributed by atoms with Gasteiger partial charge in [-0.3, -0.25) is 0 Å².